The molecule has 43 heavy (non-hydrogen) atoms. The SMILES string of the molecule is COn1cc(C(=O)N2CCN(c3nc(C(Cc4ccc(N(C)C)cc4)c4ccc(N)cc4)ns3)CC2C)c2ccccc21. The van der Waals surface area contributed by atoms with Crippen LogP contribution in [0, 0.1) is 0 Å². The number of nitrogens with zero attached hydrogens (tertiary/aromatic N) is 6. The van der Waals surface area contributed by atoms with Crippen molar-refractivity contribution in [2.45, 2.75) is 25.3 Å². The second kappa shape index (κ2) is 12.0. The van der Waals surface area contributed by atoms with E-state index in [4.69, 9.17) is 19.9 Å². The van der Waals surface area contributed by atoms with Crippen molar-refractivity contribution in [3.8, 4) is 0 Å². The molecule has 10 heteroatoms. The lowest BCUT2D eigenvalue weighted by Crippen LogP contribution is -2.54. The van der Waals surface area contributed by atoms with Crippen molar-refractivity contribution in [3.05, 3.63) is 102 Å². The molecule has 0 bridgehead atoms. The number of para-hydroxylation sites is 1. The molecular formula is C33H37N7O2S. The van der Waals surface area contributed by atoms with Gasteiger partial charge in [0.15, 0.2) is 5.82 Å². The normalized spacial score (nSPS) is 16.0. The number of fused-ring (bicyclic) bond motifs is 1. The minimum atomic E-state index is -0.00537. The van der Waals surface area contributed by atoms with E-state index in [9.17, 15) is 4.79 Å². The van der Waals surface area contributed by atoms with Crippen LogP contribution in [0.3, 0.4) is 0 Å². The summed E-state index contributed by atoms with van der Waals surface area (Å²) in [6.07, 6.45) is 2.57. The third kappa shape index (κ3) is 5.75. The Bertz CT molecular complexity index is 1710. The first-order valence-electron chi connectivity index (χ1n) is 14.5. The van der Waals surface area contributed by atoms with Crippen LogP contribution < -0.4 is 20.4 Å². The van der Waals surface area contributed by atoms with E-state index in [1.54, 1.807) is 18.0 Å². The first-order chi connectivity index (χ1) is 20.8. The van der Waals surface area contributed by atoms with Crippen molar-refractivity contribution in [1.82, 2.24) is 19.0 Å². The number of carbonyl (C=O) groups is 1. The lowest BCUT2D eigenvalue weighted by Gasteiger charge is -2.39. The summed E-state index contributed by atoms with van der Waals surface area (Å²) in [4.78, 5) is 30.5. The molecule has 2 unspecified atom stereocenters. The van der Waals surface area contributed by atoms with Crippen LogP contribution in [0.1, 0.15) is 40.2 Å². The minimum Gasteiger partial charge on any atom is -0.417 e. The third-order valence-electron chi connectivity index (χ3n) is 8.24. The number of nitrogens with two attached hydrogens (primary N) is 1. The number of anilines is 3. The van der Waals surface area contributed by atoms with Crippen molar-refractivity contribution in [3.63, 3.8) is 0 Å². The van der Waals surface area contributed by atoms with Crippen molar-refractivity contribution < 1.29 is 9.63 Å². The number of piperazine rings is 1. The molecule has 0 saturated carbocycles. The molecule has 0 aliphatic carbocycles. The number of rotatable bonds is 8. The highest BCUT2D eigenvalue weighted by Crippen LogP contribution is 2.32. The summed E-state index contributed by atoms with van der Waals surface area (Å²) in [5.41, 5.74) is 11.8. The highest BCUT2D eigenvalue weighted by Gasteiger charge is 2.32. The molecular weight excluding hydrogens is 558 g/mol. The van der Waals surface area contributed by atoms with Gasteiger partial charge in [-0.3, -0.25) is 4.79 Å². The Hall–Kier alpha value is -4.57. The molecule has 3 heterocycles. The smallest absolute Gasteiger partial charge is 0.256 e. The summed E-state index contributed by atoms with van der Waals surface area (Å²) in [6, 6.07) is 24.5. The van der Waals surface area contributed by atoms with Crippen LogP contribution in [0.5, 0.6) is 0 Å². The molecule has 5 aromatic rings. The zero-order chi connectivity index (χ0) is 30.1. The van der Waals surface area contributed by atoms with Gasteiger partial charge in [0, 0.05) is 74.0 Å². The van der Waals surface area contributed by atoms with Crippen molar-refractivity contribution in [1.29, 1.82) is 0 Å². The maximum Gasteiger partial charge on any atom is 0.256 e. The van der Waals surface area contributed by atoms with Gasteiger partial charge in [-0.05, 0) is 54.8 Å². The number of amides is 1. The van der Waals surface area contributed by atoms with Crippen LogP contribution in [0.4, 0.5) is 16.5 Å². The van der Waals surface area contributed by atoms with Gasteiger partial charge in [0.1, 0.15) is 7.11 Å². The van der Waals surface area contributed by atoms with E-state index in [0.717, 1.165) is 45.2 Å². The van der Waals surface area contributed by atoms with Gasteiger partial charge >= 0.3 is 0 Å². The van der Waals surface area contributed by atoms with Gasteiger partial charge in [0.05, 0.1) is 17.3 Å². The number of aromatic nitrogens is 3. The van der Waals surface area contributed by atoms with Crippen LogP contribution in [-0.4, -0.2) is 71.8 Å². The average molecular weight is 596 g/mol. The molecule has 1 amide bonds. The van der Waals surface area contributed by atoms with E-state index in [1.807, 2.05) is 55.4 Å². The third-order valence-corrected chi connectivity index (χ3v) is 9.03. The molecule has 1 saturated heterocycles. The molecule has 222 valence electrons. The van der Waals surface area contributed by atoms with Gasteiger partial charge in [0.2, 0.25) is 5.13 Å². The molecule has 2 N–H and O–H groups in total. The predicted molar refractivity (Wildman–Crippen MR) is 174 cm³/mol. The summed E-state index contributed by atoms with van der Waals surface area (Å²) < 4.78 is 6.51. The first-order valence-corrected chi connectivity index (χ1v) is 15.3. The highest BCUT2D eigenvalue weighted by atomic mass is 32.1. The van der Waals surface area contributed by atoms with Crippen LogP contribution >= 0.6 is 11.5 Å². The summed E-state index contributed by atoms with van der Waals surface area (Å²) in [7, 11) is 5.70. The number of hydrogen-bond acceptors (Lipinski definition) is 8. The van der Waals surface area contributed by atoms with Crippen molar-refractivity contribution in [2.75, 3.05) is 56.4 Å². The molecule has 1 fully saturated rings. The maximum atomic E-state index is 13.7. The first kappa shape index (κ1) is 28.5. The minimum absolute atomic E-state index is 0.00126. The van der Waals surface area contributed by atoms with Gasteiger partial charge in [-0.25, -0.2) is 4.98 Å². The molecule has 2 atom stereocenters. The van der Waals surface area contributed by atoms with Crippen LogP contribution in [0.25, 0.3) is 10.9 Å². The second-order valence-electron chi connectivity index (χ2n) is 11.3. The number of nitrogen functional groups attached to an aromatic ring is 1. The van der Waals surface area contributed by atoms with Gasteiger partial charge in [-0.1, -0.05) is 42.5 Å². The van der Waals surface area contributed by atoms with E-state index in [-0.39, 0.29) is 17.9 Å². The Morgan fingerprint density at radius 2 is 1.81 bits per heavy atom. The summed E-state index contributed by atoms with van der Waals surface area (Å²) in [5.74, 6) is 0.815. The lowest BCUT2D eigenvalue weighted by atomic mass is 9.91. The Labute approximate surface area is 256 Å². The topological polar surface area (TPSA) is 92.8 Å². The van der Waals surface area contributed by atoms with Gasteiger partial charge in [0.25, 0.3) is 5.91 Å². The quantitative estimate of drug-likeness (QED) is 0.255. The van der Waals surface area contributed by atoms with E-state index >= 15 is 0 Å². The number of carbonyl (C=O) groups excluding carboxylic acids is 1. The molecule has 0 radical (unpaired) electrons. The van der Waals surface area contributed by atoms with Crippen molar-refractivity contribution >= 4 is 44.8 Å². The molecule has 1 aliphatic rings. The average Bonchev–Trinajstić information content (AvgIpc) is 3.66. The molecule has 9 nitrogen and oxygen atoms in total. The fraction of sp³-hybridized carbons (Fsp3) is 0.303. The van der Waals surface area contributed by atoms with E-state index in [0.29, 0.717) is 25.2 Å². The maximum absolute atomic E-state index is 13.7. The fourth-order valence-electron chi connectivity index (χ4n) is 5.81. The lowest BCUT2D eigenvalue weighted by molar-refractivity contribution is 0.0674. The van der Waals surface area contributed by atoms with Gasteiger partial charge in [-0.2, -0.15) is 9.10 Å². The largest absolute Gasteiger partial charge is 0.417 e. The molecule has 0 spiro atoms. The van der Waals surface area contributed by atoms with Crippen molar-refractivity contribution in [2.24, 2.45) is 0 Å². The Morgan fingerprint density at radius 3 is 2.51 bits per heavy atom. The molecule has 6 rings (SSSR count). The zero-order valence-corrected chi connectivity index (χ0v) is 25.8. The summed E-state index contributed by atoms with van der Waals surface area (Å²) in [5, 5.41) is 1.77. The van der Waals surface area contributed by atoms with E-state index < -0.39 is 0 Å². The van der Waals surface area contributed by atoms with Gasteiger partial charge in [-0.15, -0.1) is 0 Å². The number of hydrogen-bond donors (Lipinski definition) is 1. The van der Waals surface area contributed by atoms with Crippen LogP contribution in [-0.2, 0) is 6.42 Å². The Balaban J connectivity index is 1.20. The van der Waals surface area contributed by atoms with Crippen LogP contribution in [0.15, 0.2) is 79.0 Å². The van der Waals surface area contributed by atoms with E-state index in [1.165, 1.54) is 17.1 Å². The fourth-order valence-corrected chi connectivity index (χ4v) is 6.57. The van der Waals surface area contributed by atoms with E-state index in [2.05, 4.69) is 53.1 Å². The Morgan fingerprint density at radius 1 is 1.07 bits per heavy atom. The second-order valence-corrected chi connectivity index (χ2v) is 12.0. The summed E-state index contributed by atoms with van der Waals surface area (Å²) in [6.45, 7) is 4.06. The standard InChI is InChI=1S/C33H37N7O2S/c1-22-20-38(17-18-39(22)32(41)29-21-40(42-4)30-8-6-5-7-27(29)30)33-35-31(36-43-33)28(24-11-13-25(34)14-12-24)19-23-9-15-26(16-10-23)37(2)3/h5-16,21-22,28H,17-20,34H2,1-4H3. The molecule has 3 aromatic carbocycles. The molecule has 2 aromatic heterocycles. The predicted octanol–water partition coefficient (Wildman–Crippen LogP) is 4.92. The Kier molecular flexibility index (Phi) is 7.94. The van der Waals surface area contributed by atoms with Gasteiger partial charge < -0.3 is 25.3 Å². The highest BCUT2D eigenvalue weighted by molar-refractivity contribution is 7.09. The number of benzene rings is 3. The summed E-state index contributed by atoms with van der Waals surface area (Å²) >= 11 is 1.43. The monoisotopic (exact) mass is 595 g/mol. The zero-order valence-electron chi connectivity index (χ0n) is 25.0. The molecule has 1 aliphatic heterocycles. The van der Waals surface area contributed by atoms with Crippen LogP contribution in [0.2, 0.25) is 0 Å².